The number of fused-ring (bicyclic) bond motifs is 1. The Balaban J connectivity index is 1.61. The highest BCUT2D eigenvalue weighted by atomic mass is 15.4. The van der Waals surface area contributed by atoms with E-state index in [0.29, 0.717) is 5.56 Å². The van der Waals surface area contributed by atoms with Gasteiger partial charge in [0.05, 0.1) is 34.7 Å². The largest absolute Gasteiger partial charge is 0.355 e. The van der Waals surface area contributed by atoms with E-state index in [0.717, 1.165) is 59.6 Å². The number of anilines is 1. The fourth-order valence-corrected chi connectivity index (χ4v) is 3.83. The predicted octanol–water partition coefficient (Wildman–Crippen LogP) is 3.21. The molecule has 0 aliphatic carbocycles. The molecule has 7 heteroatoms. The Bertz CT molecular complexity index is 1190. The second kappa shape index (κ2) is 7.08. The number of aromatic amines is 1. The summed E-state index contributed by atoms with van der Waals surface area (Å²) in [4.78, 5) is 2.29. The highest BCUT2D eigenvalue weighted by Crippen LogP contribution is 2.30. The number of nitrogens with two attached hydrogens (primary N) is 1. The van der Waals surface area contributed by atoms with Gasteiger partial charge in [0.25, 0.3) is 0 Å². The molecule has 1 aliphatic rings. The van der Waals surface area contributed by atoms with Gasteiger partial charge in [0.2, 0.25) is 0 Å². The van der Waals surface area contributed by atoms with Gasteiger partial charge in [0, 0.05) is 36.1 Å². The molecule has 0 radical (unpaired) electrons. The van der Waals surface area contributed by atoms with Crippen molar-refractivity contribution < 1.29 is 0 Å². The molecular weight excluding hydrogens is 362 g/mol. The number of nitriles is 1. The second-order valence-electron chi connectivity index (χ2n) is 7.45. The SMILES string of the molecule is N#Cc1ccc(-n2nc(N3CCC(N)CC3)cc2-c2ccc3cn[nH]c3c2)cc1. The predicted molar refractivity (Wildman–Crippen MR) is 113 cm³/mol. The molecule has 3 heterocycles. The van der Waals surface area contributed by atoms with Crippen molar-refractivity contribution in [2.24, 2.45) is 5.73 Å². The molecule has 1 fully saturated rings. The zero-order valence-corrected chi connectivity index (χ0v) is 15.9. The lowest BCUT2D eigenvalue weighted by molar-refractivity contribution is 0.498. The monoisotopic (exact) mass is 383 g/mol. The van der Waals surface area contributed by atoms with Crippen molar-refractivity contribution >= 4 is 16.7 Å². The first-order valence-corrected chi connectivity index (χ1v) is 9.76. The van der Waals surface area contributed by atoms with Crippen LogP contribution in [0.5, 0.6) is 0 Å². The molecule has 0 spiro atoms. The van der Waals surface area contributed by atoms with Gasteiger partial charge in [-0.15, -0.1) is 5.10 Å². The molecular formula is C22H21N7. The number of benzene rings is 2. The first-order valence-electron chi connectivity index (χ1n) is 9.76. The number of piperidine rings is 1. The van der Waals surface area contributed by atoms with Crippen LogP contribution >= 0.6 is 0 Å². The van der Waals surface area contributed by atoms with E-state index >= 15 is 0 Å². The van der Waals surface area contributed by atoms with Gasteiger partial charge in [-0.1, -0.05) is 12.1 Å². The van der Waals surface area contributed by atoms with Crippen molar-refractivity contribution in [3.63, 3.8) is 0 Å². The summed E-state index contributed by atoms with van der Waals surface area (Å²) >= 11 is 0. The van der Waals surface area contributed by atoms with E-state index in [1.165, 1.54) is 0 Å². The maximum absolute atomic E-state index is 9.11. The number of nitrogens with one attached hydrogen (secondary N) is 1. The van der Waals surface area contributed by atoms with Crippen molar-refractivity contribution in [1.29, 1.82) is 5.26 Å². The average Bonchev–Trinajstić information content (AvgIpc) is 3.41. The molecule has 0 bridgehead atoms. The highest BCUT2D eigenvalue weighted by molar-refractivity contribution is 5.83. The summed E-state index contributed by atoms with van der Waals surface area (Å²) in [5.41, 5.74) is 10.7. The van der Waals surface area contributed by atoms with Crippen LogP contribution in [0.3, 0.4) is 0 Å². The van der Waals surface area contributed by atoms with E-state index in [9.17, 15) is 0 Å². The summed E-state index contributed by atoms with van der Waals surface area (Å²) in [5.74, 6) is 0.945. The molecule has 0 amide bonds. The van der Waals surface area contributed by atoms with E-state index in [1.54, 1.807) is 0 Å². The Morgan fingerprint density at radius 2 is 1.86 bits per heavy atom. The average molecular weight is 383 g/mol. The molecule has 7 nitrogen and oxygen atoms in total. The molecule has 29 heavy (non-hydrogen) atoms. The number of rotatable bonds is 3. The molecule has 0 saturated carbocycles. The lowest BCUT2D eigenvalue weighted by atomic mass is 10.1. The summed E-state index contributed by atoms with van der Waals surface area (Å²) in [6, 6.07) is 18.3. The normalized spacial score (nSPS) is 15.0. The van der Waals surface area contributed by atoms with E-state index in [2.05, 4.69) is 45.4 Å². The van der Waals surface area contributed by atoms with Crippen LogP contribution in [-0.4, -0.2) is 39.1 Å². The Morgan fingerprint density at radius 3 is 2.62 bits per heavy atom. The summed E-state index contributed by atoms with van der Waals surface area (Å²) in [6.45, 7) is 1.81. The number of H-pyrrole nitrogens is 1. The van der Waals surface area contributed by atoms with Crippen LogP contribution < -0.4 is 10.6 Å². The lowest BCUT2D eigenvalue weighted by Crippen LogP contribution is -2.39. The molecule has 3 N–H and O–H groups in total. The van der Waals surface area contributed by atoms with Crippen molar-refractivity contribution in [1.82, 2.24) is 20.0 Å². The molecule has 1 saturated heterocycles. The van der Waals surface area contributed by atoms with Crippen LogP contribution in [0.25, 0.3) is 27.8 Å². The van der Waals surface area contributed by atoms with E-state index in [4.69, 9.17) is 16.1 Å². The van der Waals surface area contributed by atoms with Gasteiger partial charge in [0.15, 0.2) is 5.82 Å². The Kier molecular flexibility index (Phi) is 4.26. The van der Waals surface area contributed by atoms with Gasteiger partial charge in [-0.05, 0) is 43.2 Å². The number of aromatic nitrogens is 4. The molecule has 144 valence electrons. The zero-order chi connectivity index (χ0) is 19.8. The summed E-state index contributed by atoms with van der Waals surface area (Å²) in [6.07, 6.45) is 3.76. The Labute approximate surface area is 168 Å². The van der Waals surface area contributed by atoms with Crippen molar-refractivity contribution in [2.75, 3.05) is 18.0 Å². The minimum Gasteiger partial charge on any atom is -0.355 e. The number of hydrogen-bond donors (Lipinski definition) is 2. The maximum Gasteiger partial charge on any atom is 0.151 e. The van der Waals surface area contributed by atoms with Crippen LogP contribution in [0.15, 0.2) is 54.7 Å². The van der Waals surface area contributed by atoms with Crippen LogP contribution in [0.1, 0.15) is 18.4 Å². The van der Waals surface area contributed by atoms with Gasteiger partial charge in [-0.2, -0.15) is 10.4 Å². The Morgan fingerprint density at radius 1 is 1.07 bits per heavy atom. The third kappa shape index (κ3) is 3.24. The second-order valence-corrected chi connectivity index (χ2v) is 7.45. The van der Waals surface area contributed by atoms with E-state index in [-0.39, 0.29) is 6.04 Å². The van der Waals surface area contributed by atoms with Gasteiger partial charge in [0.1, 0.15) is 0 Å². The third-order valence-corrected chi connectivity index (χ3v) is 5.54. The fourth-order valence-electron chi connectivity index (χ4n) is 3.83. The molecule has 1 aliphatic heterocycles. The minimum absolute atomic E-state index is 0.272. The van der Waals surface area contributed by atoms with Gasteiger partial charge >= 0.3 is 0 Å². The van der Waals surface area contributed by atoms with Crippen LogP contribution in [0.4, 0.5) is 5.82 Å². The van der Waals surface area contributed by atoms with Crippen molar-refractivity contribution in [2.45, 2.75) is 18.9 Å². The molecule has 2 aromatic carbocycles. The van der Waals surface area contributed by atoms with Crippen LogP contribution in [0.2, 0.25) is 0 Å². The highest BCUT2D eigenvalue weighted by Gasteiger charge is 2.21. The minimum atomic E-state index is 0.272. The van der Waals surface area contributed by atoms with E-state index in [1.807, 2.05) is 35.1 Å². The molecule has 0 atom stereocenters. The van der Waals surface area contributed by atoms with E-state index < -0.39 is 0 Å². The molecule has 4 aromatic rings. The van der Waals surface area contributed by atoms with Crippen LogP contribution in [0, 0.1) is 11.3 Å². The van der Waals surface area contributed by atoms with Crippen molar-refractivity contribution in [3.05, 3.63) is 60.3 Å². The maximum atomic E-state index is 9.11. The number of hydrogen-bond acceptors (Lipinski definition) is 5. The molecule has 0 unspecified atom stereocenters. The zero-order valence-electron chi connectivity index (χ0n) is 15.9. The molecule has 5 rings (SSSR count). The topological polar surface area (TPSA) is 99.6 Å². The van der Waals surface area contributed by atoms with Gasteiger partial charge < -0.3 is 10.6 Å². The summed E-state index contributed by atoms with van der Waals surface area (Å²) in [5, 5.41) is 22.3. The molecule has 2 aromatic heterocycles. The summed E-state index contributed by atoms with van der Waals surface area (Å²) < 4.78 is 1.95. The summed E-state index contributed by atoms with van der Waals surface area (Å²) in [7, 11) is 0. The first-order chi connectivity index (χ1) is 14.2. The smallest absolute Gasteiger partial charge is 0.151 e. The van der Waals surface area contributed by atoms with Gasteiger partial charge in [-0.25, -0.2) is 4.68 Å². The van der Waals surface area contributed by atoms with Crippen molar-refractivity contribution in [3.8, 4) is 23.0 Å². The van der Waals surface area contributed by atoms with Gasteiger partial charge in [-0.3, -0.25) is 5.10 Å². The number of nitrogens with zero attached hydrogens (tertiary/aromatic N) is 5. The standard InChI is InChI=1S/C22H21N7/c23-13-15-1-5-19(6-2-15)29-21(16-3-4-17-14-25-26-20(17)11-16)12-22(27-29)28-9-7-18(24)8-10-28/h1-6,11-12,14,18H,7-10,24H2,(H,25,26). The fraction of sp³-hybridized carbons (Fsp3) is 0.227. The van der Waals surface area contributed by atoms with Crippen LogP contribution in [-0.2, 0) is 0 Å². The first kappa shape index (κ1) is 17.5. The third-order valence-electron chi connectivity index (χ3n) is 5.54. The quantitative estimate of drug-likeness (QED) is 0.566. The lowest BCUT2D eigenvalue weighted by Gasteiger charge is -2.30. The Hall–Kier alpha value is -3.63.